The highest BCUT2D eigenvalue weighted by Gasteiger charge is 2.60. The zero-order chi connectivity index (χ0) is 17.0. The molecule has 0 aliphatic heterocycles. The predicted molar refractivity (Wildman–Crippen MR) is 99.0 cm³/mol. The van der Waals surface area contributed by atoms with Gasteiger partial charge in [0.05, 0.1) is 6.61 Å². The molecule has 0 saturated heterocycles. The van der Waals surface area contributed by atoms with Gasteiger partial charge in [0.15, 0.2) is 0 Å². The van der Waals surface area contributed by atoms with Crippen LogP contribution < -0.4 is 5.32 Å². The van der Waals surface area contributed by atoms with Crippen LogP contribution in [0.4, 0.5) is 10.5 Å². The second kappa shape index (κ2) is 5.48. The molecule has 0 spiro atoms. The molecule has 5 rings (SSSR count). The second-order valence-electron chi connectivity index (χ2n) is 9.34. The molecule has 2 unspecified atom stereocenters. The molecule has 2 atom stereocenters. The van der Waals surface area contributed by atoms with Crippen molar-refractivity contribution >= 4 is 27.7 Å². The first-order valence-corrected chi connectivity index (χ1v) is 9.76. The standard InChI is InChI=1S/C20H26BrNO2/c1-18-7-14-8-19(2,10-18)12-20(9-14,11-18)13-24-17(23)22-16-5-3-4-15(21)6-16/h3-6,14H,7-13H2,1-2H3,(H,22,23). The third kappa shape index (κ3) is 3.10. The van der Waals surface area contributed by atoms with Crippen molar-refractivity contribution in [3.8, 4) is 0 Å². The highest BCUT2D eigenvalue weighted by atomic mass is 79.9. The highest BCUT2D eigenvalue weighted by molar-refractivity contribution is 9.10. The number of nitrogens with one attached hydrogen (secondary N) is 1. The topological polar surface area (TPSA) is 38.3 Å². The minimum Gasteiger partial charge on any atom is -0.449 e. The molecular formula is C20H26BrNO2. The number of anilines is 1. The average molecular weight is 392 g/mol. The summed E-state index contributed by atoms with van der Waals surface area (Å²) < 4.78 is 6.64. The van der Waals surface area contributed by atoms with Crippen LogP contribution in [0.1, 0.15) is 52.4 Å². The number of hydrogen-bond donors (Lipinski definition) is 1. The summed E-state index contributed by atoms with van der Waals surface area (Å²) in [5.74, 6) is 0.827. The number of ether oxygens (including phenoxy) is 1. The van der Waals surface area contributed by atoms with E-state index in [1.54, 1.807) is 0 Å². The SMILES string of the molecule is CC12CC3CC(C)(C1)CC(COC(=O)Nc1cccc(Br)c1)(C3)C2. The summed E-state index contributed by atoms with van der Waals surface area (Å²) in [6, 6.07) is 7.60. The van der Waals surface area contributed by atoms with Gasteiger partial charge in [-0.25, -0.2) is 4.79 Å². The molecule has 4 heteroatoms. The van der Waals surface area contributed by atoms with E-state index in [-0.39, 0.29) is 11.5 Å². The van der Waals surface area contributed by atoms with E-state index in [1.165, 1.54) is 38.5 Å². The van der Waals surface area contributed by atoms with Gasteiger partial charge in [-0.3, -0.25) is 5.32 Å². The zero-order valence-electron chi connectivity index (χ0n) is 14.5. The van der Waals surface area contributed by atoms with Crippen molar-refractivity contribution in [1.29, 1.82) is 0 Å². The fourth-order valence-corrected chi connectivity index (χ4v) is 7.18. The molecule has 24 heavy (non-hydrogen) atoms. The van der Waals surface area contributed by atoms with Crippen LogP contribution in [0.2, 0.25) is 0 Å². The molecule has 4 aliphatic carbocycles. The van der Waals surface area contributed by atoms with Gasteiger partial charge in [0.2, 0.25) is 0 Å². The van der Waals surface area contributed by atoms with Crippen LogP contribution in [0.5, 0.6) is 0 Å². The van der Waals surface area contributed by atoms with Crippen molar-refractivity contribution in [2.45, 2.75) is 52.4 Å². The number of benzene rings is 1. The minimum absolute atomic E-state index is 0.206. The molecule has 130 valence electrons. The monoisotopic (exact) mass is 391 g/mol. The first-order chi connectivity index (χ1) is 11.3. The third-order valence-electron chi connectivity index (χ3n) is 6.32. The van der Waals surface area contributed by atoms with Crippen molar-refractivity contribution in [2.75, 3.05) is 11.9 Å². The summed E-state index contributed by atoms with van der Waals surface area (Å²) in [5, 5.41) is 2.84. The summed E-state index contributed by atoms with van der Waals surface area (Å²) >= 11 is 3.42. The average Bonchev–Trinajstić information content (AvgIpc) is 2.41. The lowest BCUT2D eigenvalue weighted by Gasteiger charge is -2.65. The number of rotatable bonds is 3. The molecule has 1 aromatic rings. The highest BCUT2D eigenvalue weighted by Crippen LogP contribution is 2.69. The van der Waals surface area contributed by atoms with E-state index in [0.717, 1.165) is 16.1 Å². The van der Waals surface area contributed by atoms with Gasteiger partial charge in [-0.15, -0.1) is 0 Å². The number of hydrogen-bond acceptors (Lipinski definition) is 2. The molecule has 4 saturated carbocycles. The van der Waals surface area contributed by atoms with Gasteiger partial charge in [-0.05, 0) is 73.5 Å². The van der Waals surface area contributed by atoms with E-state index in [9.17, 15) is 4.79 Å². The zero-order valence-corrected chi connectivity index (χ0v) is 16.1. The first kappa shape index (κ1) is 16.4. The van der Waals surface area contributed by atoms with Gasteiger partial charge in [0, 0.05) is 15.6 Å². The van der Waals surface area contributed by atoms with E-state index in [1.807, 2.05) is 24.3 Å². The van der Waals surface area contributed by atoms with E-state index in [2.05, 4.69) is 35.1 Å². The summed E-state index contributed by atoms with van der Waals surface area (Å²) in [6.45, 7) is 5.46. The summed E-state index contributed by atoms with van der Waals surface area (Å²) in [7, 11) is 0. The van der Waals surface area contributed by atoms with Crippen molar-refractivity contribution in [3.05, 3.63) is 28.7 Å². The molecule has 4 fully saturated rings. The molecule has 3 nitrogen and oxygen atoms in total. The van der Waals surface area contributed by atoms with Crippen LogP contribution in [0.15, 0.2) is 28.7 Å². The Morgan fingerprint density at radius 3 is 2.54 bits per heavy atom. The molecule has 4 bridgehead atoms. The lowest BCUT2D eigenvalue weighted by molar-refractivity contribution is -0.159. The lowest BCUT2D eigenvalue weighted by atomic mass is 9.40. The van der Waals surface area contributed by atoms with E-state index < -0.39 is 0 Å². The maximum Gasteiger partial charge on any atom is 0.411 e. The fourth-order valence-electron chi connectivity index (χ4n) is 6.78. The summed E-state index contributed by atoms with van der Waals surface area (Å²) in [5.41, 5.74) is 1.88. The predicted octanol–water partition coefficient (Wildman–Crippen LogP) is 5.99. The number of amides is 1. The van der Waals surface area contributed by atoms with Gasteiger partial charge < -0.3 is 4.74 Å². The van der Waals surface area contributed by atoms with Gasteiger partial charge in [0.25, 0.3) is 0 Å². The van der Waals surface area contributed by atoms with Gasteiger partial charge >= 0.3 is 6.09 Å². The third-order valence-corrected chi connectivity index (χ3v) is 6.82. The number of carbonyl (C=O) groups is 1. The van der Waals surface area contributed by atoms with Crippen LogP contribution in [-0.2, 0) is 4.74 Å². The Hall–Kier alpha value is -1.03. The van der Waals surface area contributed by atoms with E-state index >= 15 is 0 Å². The Bertz CT molecular complexity index is 655. The minimum atomic E-state index is -0.334. The van der Waals surface area contributed by atoms with Crippen molar-refractivity contribution in [3.63, 3.8) is 0 Å². The van der Waals surface area contributed by atoms with Crippen LogP contribution in [0.3, 0.4) is 0 Å². The second-order valence-corrected chi connectivity index (χ2v) is 10.3. The molecule has 0 radical (unpaired) electrons. The molecule has 0 aromatic heterocycles. The van der Waals surface area contributed by atoms with Crippen molar-refractivity contribution < 1.29 is 9.53 Å². The largest absolute Gasteiger partial charge is 0.449 e. The smallest absolute Gasteiger partial charge is 0.411 e. The first-order valence-electron chi connectivity index (χ1n) is 8.97. The van der Waals surface area contributed by atoms with E-state index in [4.69, 9.17) is 4.74 Å². The van der Waals surface area contributed by atoms with Gasteiger partial charge in [0.1, 0.15) is 0 Å². The van der Waals surface area contributed by atoms with Crippen LogP contribution in [0, 0.1) is 22.2 Å². The fraction of sp³-hybridized carbons (Fsp3) is 0.650. The van der Waals surface area contributed by atoms with E-state index in [0.29, 0.717) is 17.4 Å². The van der Waals surface area contributed by atoms with Crippen LogP contribution >= 0.6 is 15.9 Å². The van der Waals surface area contributed by atoms with Gasteiger partial charge in [-0.1, -0.05) is 35.8 Å². The molecule has 4 aliphatic rings. The Labute approximate surface area is 152 Å². The van der Waals surface area contributed by atoms with Crippen molar-refractivity contribution in [1.82, 2.24) is 0 Å². The maximum absolute atomic E-state index is 12.2. The van der Waals surface area contributed by atoms with Crippen LogP contribution in [0.25, 0.3) is 0 Å². The summed E-state index contributed by atoms with van der Waals surface area (Å²) in [6.07, 6.45) is 7.43. The molecule has 1 aromatic carbocycles. The van der Waals surface area contributed by atoms with Gasteiger partial charge in [-0.2, -0.15) is 0 Å². The molecule has 0 heterocycles. The van der Waals surface area contributed by atoms with Crippen LogP contribution in [-0.4, -0.2) is 12.7 Å². The maximum atomic E-state index is 12.2. The Morgan fingerprint density at radius 1 is 1.21 bits per heavy atom. The summed E-state index contributed by atoms with van der Waals surface area (Å²) in [4.78, 5) is 12.2. The normalized spacial score (nSPS) is 39.7. The number of carbonyl (C=O) groups excluding carboxylic acids is 1. The molecule has 1 N–H and O–H groups in total. The Kier molecular flexibility index (Phi) is 3.76. The molecule has 1 amide bonds. The molecular weight excluding hydrogens is 366 g/mol. The Balaban J connectivity index is 1.41. The lowest BCUT2D eigenvalue weighted by Crippen LogP contribution is -2.56. The quantitative estimate of drug-likeness (QED) is 0.686. The Morgan fingerprint density at radius 2 is 1.92 bits per heavy atom. The van der Waals surface area contributed by atoms with Crippen molar-refractivity contribution in [2.24, 2.45) is 22.2 Å². The number of halogens is 1.